The van der Waals surface area contributed by atoms with Crippen LogP contribution < -0.4 is 5.32 Å². The van der Waals surface area contributed by atoms with Crippen LogP contribution >= 0.6 is 0 Å². The third-order valence-corrected chi connectivity index (χ3v) is 3.15. The zero-order chi connectivity index (χ0) is 12.3. The lowest BCUT2D eigenvalue weighted by Crippen LogP contribution is -2.23. The van der Waals surface area contributed by atoms with Gasteiger partial charge >= 0.3 is 5.97 Å². The molecular formula is C13H16FNO2. The average Bonchev–Trinajstić information content (AvgIpc) is 2.74. The Balaban J connectivity index is 1.90. The largest absolute Gasteiger partial charge is 0.460 e. The number of carbonyl (C=O) groups is 1. The number of esters is 1. The topological polar surface area (TPSA) is 38.3 Å². The lowest BCUT2D eigenvalue weighted by molar-refractivity contribution is -0.150. The van der Waals surface area contributed by atoms with E-state index in [0.717, 1.165) is 6.54 Å². The zero-order valence-corrected chi connectivity index (χ0v) is 9.78. The minimum atomic E-state index is -0.335. The highest BCUT2D eigenvalue weighted by Gasteiger charge is 2.30. The van der Waals surface area contributed by atoms with E-state index < -0.39 is 0 Å². The summed E-state index contributed by atoms with van der Waals surface area (Å²) in [5.74, 6) is -0.409. The Morgan fingerprint density at radius 3 is 2.88 bits per heavy atom. The van der Waals surface area contributed by atoms with Gasteiger partial charge in [0.15, 0.2) is 0 Å². The van der Waals surface area contributed by atoms with Crippen LogP contribution in [0.5, 0.6) is 0 Å². The Morgan fingerprint density at radius 2 is 2.24 bits per heavy atom. The van der Waals surface area contributed by atoms with Crippen molar-refractivity contribution in [3.8, 4) is 0 Å². The molecule has 2 atom stereocenters. The van der Waals surface area contributed by atoms with Crippen LogP contribution in [0.25, 0.3) is 0 Å². The molecule has 92 valence electrons. The number of rotatable bonds is 3. The Hall–Kier alpha value is -1.42. The van der Waals surface area contributed by atoms with Gasteiger partial charge in [0.2, 0.25) is 0 Å². The molecule has 17 heavy (non-hydrogen) atoms. The molecular weight excluding hydrogens is 221 g/mol. The molecule has 0 aliphatic carbocycles. The third-order valence-electron chi connectivity index (χ3n) is 3.15. The maximum Gasteiger partial charge on any atom is 0.310 e. The Labute approximate surface area is 100.0 Å². The Kier molecular flexibility index (Phi) is 3.74. The summed E-state index contributed by atoms with van der Waals surface area (Å²) in [6.07, 6.45) is 0. The molecule has 4 heteroatoms. The van der Waals surface area contributed by atoms with Crippen molar-refractivity contribution < 1.29 is 13.9 Å². The molecule has 2 unspecified atom stereocenters. The number of benzene rings is 1. The van der Waals surface area contributed by atoms with Crippen molar-refractivity contribution in [1.29, 1.82) is 0 Å². The van der Waals surface area contributed by atoms with E-state index in [1.54, 1.807) is 18.2 Å². The molecule has 1 aliphatic rings. The van der Waals surface area contributed by atoms with Crippen molar-refractivity contribution in [2.75, 3.05) is 13.1 Å². The van der Waals surface area contributed by atoms with Crippen LogP contribution in [0.4, 0.5) is 4.39 Å². The van der Waals surface area contributed by atoms with E-state index in [1.165, 1.54) is 6.07 Å². The summed E-state index contributed by atoms with van der Waals surface area (Å²) in [4.78, 5) is 11.8. The summed E-state index contributed by atoms with van der Waals surface area (Å²) < 4.78 is 18.4. The molecule has 0 saturated carbocycles. The number of nitrogens with one attached hydrogen (secondary N) is 1. The van der Waals surface area contributed by atoms with Crippen LogP contribution in [0.2, 0.25) is 0 Å². The first-order valence-electron chi connectivity index (χ1n) is 5.79. The average molecular weight is 237 g/mol. The Bertz CT molecular complexity index is 408. The fraction of sp³-hybridized carbons (Fsp3) is 0.462. The van der Waals surface area contributed by atoms with Crippen molar-refractivity contribution in [1.82, 2.24) is 5.32 Å². The first kappa shape index (κ1) is 12.0. The van der Waals surface area contributed by atoms with Gasteiger partial charge in [-0.3, -0.25) is 4.79 Å². The van der Waals surface area contributed by atoms with Gasteiger partial charge in [-0.2, -0.15) is 0 Å². The lowest BCUT2D eigenvalue weighted by Gasteiger charge is -2.13. The SMILES string of the molecule is CC1CNCC1C(=O)OCc1ccccc1F. The molecule has 1 heterocycles. The predicted octanol–water partition coefficient (Wildman–Crippen LogP) is 1.72. The van der Waals surface area contributed by atoms with Gasteiger partial charge in [-0.05, 0) is 18.5 Å². The summed E-state index contributed by atoms with van der Waals surface area (Å²) in [5, 5.41) is 3.14. The number of hydrogen-bond acceptors (Lipinski definition) is 3. The van der Waals surface area contributed by atoms with E-state index in [4.69, 9.17) is 4.74 Å². The highest BCUT2D eigenvalue weighted by atomic mass is 19.1. The second-order valence-electron chi connectivity index (χ2n) is 4.44. The smallest absolute Gasteiger partial charge is 0.310 e. The van der Waals surface area contributed by atoms with E-state index in [-0.39, 0.29) is 30.2 Å². The molecule has 2 rings (SSSR count). The van der Waals surface area contributed by atoms with Crippen LogP contribution in [0.3, 0.4) is 0 Å². The van der Waals surface area contributed by atoms with Gasteiger partial charge in [0.1, 0.15) is 12.4 Å². The Morgan fingerprint density at radius 1 is 1.47 bits per heavy atom. The quantitative estimate of drug-likeness (QED) is 0.813. The molecule has 1 aromatic rings. The molecule has 0 radical (unpaired) electrons. The molecule has 0 bridgehead atoms. The van der Waals surface area contributed by atoms with Crippen LogP contribution in [0.1, 0.15) is 12.5 Å². The van der Waals surface area contributed by atoms with Crippen molar-refractivity contribution in [2.45, 2.75) is 13.5 Å². The number of carbonyl (C=O) groups excluding carboxylic acids is 1. The fourth-order valence-corrected chi connectivity index (χ4v) is 2.00. The van der Waals surface area contributed by atoms with Crippen LogP contribution in [0, 0.1) is 17.7 Å². The monoisotopic (exact) mass is 237 g/mol. The first-order valence-corrected chi connectivity index (χ1v) is 5.79. The zero-order valence-electron chi connectivity index (χ0n) is 9.78. The van der Waals surface area contributed by atoms with Gasteiger partial charge in [0, 0.05) is 12.1 Å². The van der Waals surface area contributed by atoms with Gasteiger partial charge in [0.05, 0.1) is 5.92 Å². The molecule has 1 aromatic carbocycles. The van der Waals surface area contributed by atoms with Crippen LogP contribution in [0.15, 0.2) is 24.3 Å². The minimum absolute atomic E-state index is 0.00866. The number of halogens is 1. The fourth-order valence-electron chi connectivity index (χ4n) is 2.00. The van der Waals surface area contributed by atoms with Crippen molar-refractivity contribution in [3.63, 3.8) is 0 Å². The van der Waals surface area contributed by atoms with Gasteiger partial charge in [0.25, 0.3) is 0 Å². The van der Waals surface area contributed by atoms with Gasteiger partial charge in [-0.1, -0.05) is 25.1 Å². The molecule has 1 aliphatic heterocycles. The second kappa shape index (κ2) is 5.27. The summed E-state index contributed by atoms with van der Waals surface area (Å²) in [7, 11) is 0. The van der Waals surface area contributed by atoms with E-state index in [9.17, 15) is 9.18 Å². The van der Waals surface area contributed by atoms with Crippen LogP contribution in [-0.2, 0) is 16.1 Å². The predicted molar refractivity (Wildman–Crippen MR) is 61.7 cm³/mol. The standard InChI is InChI=1S/C13H16FNO2/c1-9-6-15-7-11(9)13(16)17-8-10-4-2-3-5-12(10)14/h2-5,9,11,15H,6-8H2,1H3. The lowest BCUT2D eigenvalue weighted by atomic mass is 9.99. The van der Waals surface area contributed by atoms with Gasteiger partial charge < -0.3 is 10.1 Å². The second-order valence-corrected chi connectivity index (χ2v) is 4.44. The van der Waals surface area contributed by atoms with Gasteiger partial charge in [-0.15, -0.1) is 0 Å². The third kappa shape index (κ3) is 2.82. The van der Waals surface area contributed by atoms with Crippen molar-refractivity contribution in [3.05, 3.63) is 35.6 Å². The summed E-state index contributed by atoms with van der Waals surface area (Å²) in [6.45, 7) is 3.50. The highest BCUT2D eigenvalue weighted by Crippen LogP contribution is 2.18. The maximum atomic E-state index is 13.3. The van der Waals surface area contributed by atoms with Crippen molar-refractivity contribution >= 4 is 5.97 Å². The van der Waals surface area contributed by atoms with E-state index in [2.05, 4.69) is 5.32 Å². The molecule has 0 aromatic heterocycles. The summed E-state index contributed by atoms with van der Waals surface area (Å²) in [5.41, 5.74) is 0.416. The normalized spacial score (nSPS) is 23.6. The summed E-state index contributed by atoms with van der Waals surface area (Å²) >= 11 is 0. The van der Waals surface area contributed by atoms with Gasteiger partial charge in [-0.25, -0.2) is 4.39 Å². The van der Waals surface area contributed by atoms with E-state index in [0.29, 0.717) is 12.1 Å². The summed E-state index contributed by atoms with van der Waals surface area (Å²) in [6, 6.07) is 6.33. The van der Waals surface area contributed by atoms with E-state index >= 15 is 0 Å². The molecule has 1 saturated heterocycles. The number of ether oxygens (including phenoxy) is 1. The molecule has 1 fully saturated rings. The maximum absolute atomic E-state index is 13.3. The molecule has 0 spiro atoms. The van der Waals surface area contributed by atoms with Crippen LogP contribution in [-0.4, -0.2) is 19.1 Å². The van der Waals surface area contributed by atoms with Crippen molar-refractivity contribution in [2.24, 2.45) is 11.8 Å². The van der Waals surface area contributed by atoms with E-state index in [1.807, 2.05) is 6.92 Å². The molecule has 1 N–H and O–H groups in total. The molecule has 3 nitrogen and oxygen atoms in total. The minimum Gasteiger partial charge on any atom is -0.460 e. The highest BCUT2D eigenvalue weighted by molar-refractivity contribution is 5.73. The molecule has 0 amide bonds. The number of hydrogen-bond donors (Lipinski definition) is 1. The first-order chi connectivity index (χ1) is 8.18.